The third-order valence-corrected chi connectivity index (χ3v) is 2.52. The van der Waals surface area contributed by atoms with E-state index in [0.29, 0.717) is 0 Å². The van der Waals surface area contributed by atoms with Crippen LogP contribution in [0.15, 0.2) is 16.6 Å². The third kappa shape index (κ3) is 1.85. The highest BCUT2D eigenvalue weighted by molar-refractivity contribution is 9.10. The van der Waals surface area contributed by atoms with E-state index >= 15 is 0 Å². The van der Waals surface area contributed by atoms with Gasteiger partial charge in [0.25, 0.3) is 0 Å². The first kappa shape index (κ1) is 10.9. The Morgan fingerprint density at radius 2 is 2.14 bits per heavy atom. The van der Waals surface area contributed by atoms with Gasteiger partial charge in [-0.15, -0.1) is 0 Å². The number of carbonyl (C=O) groups is 1. The Hall–Kier alpha value is -1.14. The monoisotopic (exact) mass is 263 g/mol. The van der Waals surface area contributed by atoms with Gasteiger partial charge in [0, 0.05) is 5.56 Å². The third-order valence-electron chi connectivity index (χ3n) is 1.68. The molecule has 1 unspecified atom stereocenters. The summed E-state index contributed by atoms with van der Waals surface area (Å²) in [6.45, 7) is 0. The second-order valence-corrected chi connectivity index (χ2v) is 3.40. The van der Waals surface area contributed by atoms with Gasteiger partial charge in [0.15, 0.2) is 0 Å². The molecule has 0 heterocycles. The second-order valence-electron chi connectivity index (χ2n) is 2.61. The summed E-state index contributed by atoms with van der Waals surface area (Å²) in [7, 11) is 0. The van der Waals surface area contributed by atoms with Crippen molar-refractivity contribution in [1.29, 1.82) is 0 Å². The van der Waals surface area contributed by atoms with E-state index in [2.05, 4.69) is 15.9 Å². The average Bonchev–Trinajstić information content (AvgIpc) is 2.12. The molecule has 1 aromatic rings. The molecule has 0 aromatic heterocycles. The Morgan fingerprint density at radius 3 is 2.64 bits per heavy atom. The summed E-state index contributed by atoms with van der Waals surface area (Å²) < 4.78 is 13.1. The average molecular weight is 264 g/mol. The number of halogens is 2. The van der Waals surface area contributed by atoms with Crippen LogP contribution in [0.3, 0.4) is 0 Å². The van der Waals surface area contributed by atoms with E-state index in [1.807, 2.05) is 0 Å². The minimum atomic E-state index is -1.50. The quantitative estimate of drug-likeness (QED) is 0.753. The van der Waals surface area contributed by atoms with E-state index in [-0.39, 0.29) is 15.8 Å². The fraction of sp³-hybridized carbons (Fsp3) is 0.125. The van der Waals surface area contributed by atoms with Gasteiger partial charge in [-0.3, -0.25) is 4.79 Å². The summed E-state index contributed by atoms with van der Waals surface area (Å²) in [5.41, 5.74) is 4.96. The highest BCUT2D eigenvalue weighted by Gasteiger charge is 2.23. The maximum absolute atomic E-state index is 13.2. The Balaban J connectivity index is 3.32. The van der Waals surface area contributed by atoms with E-state index in [9.17, 15) is 14.3 Å². The predicted molar refractivity (Wildman–Crippen MR) is 50.3 cm³/mol. The van der Waals surface area contributed by atoms with E-state index in [1.54, 1.807) is 0 Å². The number of phenolic OH excluding ortho intramolecular Hbond substituents is 1. The van der Waals surface area contributed by atoms with Crippen LogP contribution in [0.2, 0.25) is 0 Å². The molecular formula is C8H7BrFNO3. The Kier molecular flexibility index (Phi) is 3.07. The molecule has 1 rings (SSSR count). The number of phenols is 1. The molecule has 76 valence electrons. The molecule has 0 fully saturated rings. The van der Waals surface area contributed by atoms with Crippen molar-refractivity contribution in [3.63, 3.8) is 0 Å². The number of aromatic hydroxyl groups is 1. The number of carboxylic acid groups (broad SMARTS) is 1. The molecule has 0 aliphatic rings. The predicted octanol–water partition coefficient (Wildman–Crippen LogP) is 1.38. The van der Waals surface area contributed by atoms with Gasteiger partial charge in [0.05, 0.1) is 4.47 Å². The molecule has 0 amide bonds. The summed E-state index contributed by atoms with van der Waals surface area (Å²) >= 11 is 2.87. The molecule has 0 saturated heterocycles. The lowest BCUT2D eigenvalue weighted by molar-refractivity contribution is -0.138. The van der Waals surface area contributed by atoms with Crippen LogP contribution in [-0.2, 0) is 4.79 Å². The maximum Gasteiger partial charge on any atom is 0.325 e. The zero-order chi connectivity index (χ0) is 10.9. The topological polar surface area (TPSA) is 83.6 Å². The number of nitrogens with two attached hydrogens (primary N) is 1. The highest BCUT2D eigenvalue weighted by Crippen LogP contribution is 2.32. The van der Waals surface area contributed by atoms with Gasteiger partial charge in [0.1, 0.15) is 17.6 Å². The molecule has 4 nitrogen and oxygen atoms in total. The first-order valence-corrected chi connectivity index (χ1v) is 4.39. The Bertz CT molecular complexity index is 383. The van der Waals surface area contributed by atoms with Crippen molar-refractivity contribution in [1.82, 2.24) is 0 Å². The minimum absolute atomic E-state index is 0.0348. The van der Waals surface area contributed by atoms with Gasteiger partial charge in [-0.2, -0.15) is 0 Å². The van der Waals surface area contributed by atoms with Crippen LogP contribution in [0, 0.1) is 5.82 Å². The summed E-state index contributed by atoms with van der Waals surface area (Å²) in [6, 6.07) is 0.562. The maximum atomic E-state index is 13.2. The van der Waals surface area contributed by atoms with Gasteiger partial charge in [-0.05, 0) is 28.1 Å². The zero-order valence-corrected chi connectivity index (χ0v) is 8.45. The highest BCUT2D eigenvalue weighted by atomic mass is 79.9. The Morgan fingerprint density at radius 1 is 1.57 bits per heavy atom. The molecule has 0 spiro atoms. The number of carboxylic acids is 1. The fourth-order valence-electron chi connectivity index (χ4n) is 0.966. The lowest BCUT2D eigenvalue weighted by Crippen LogP contribution is -2.22. The molecule has 1 atom stereocenters. The van der Waals surface area contributed by atoms with Crippen molar-refractivity contribution < 1.29 is 19.4 Å². The summed E-state index contributed by atoms with van der Waals surface area (Å²) in [6.07, 6.45) is 0. The van der Waals surface area contributed by atoms with Crippen LogP contribution in [-0.4, -0.2) is 16.2 Å². The van der Waals surface area contributed by atoms with Gasteiger partial charge >= 0.3 is 5.97 Å². The number of benzene rings is 1. The first-order chi connectivity index (χ1) is 6.45. The Labute approximate surface area is 87.3 Å². The van der Waals surface area contributed by atoms with E-state index in [1.165, 1.54) is 0 Å². The van der Waals surface area contributed by atoms with Crippen molar-refractivity contribution in [2.45, 2.75) is 6.04 Å². The van der Waals surface area contributed by atoms with Gasteiger partial charge < -0.3 is 15.9 Å². The van der Waals surface area contributed by atoms with E-state index in [4.69, 9.17) is 10.8 Å². The van der Waals surface area contributed by atoms with Gasteiger partial charge in [-0.25, -0.2) is 4.39 Å². The summed E-state index contributed by atoms with van der Waals surface area (Å²) in [4.78, 5) is 10.5. The summed E-state index contributed by atoms with van der Waals surface area (Å²) in [5, 5.41) is 17.8. The second kappa shape index (κ2) is 3.93. The van der Waals surface area contributed by atoms with Crippen LogP contribution in [0.4, 0.5) is 4.39 Å². The van der Waals surface area contributed by atoms with Crippen LogP contribution in [0.1, 0.15) is 11.6 Å². The first-order valence-electron chi connectivity index (χ1n) is 3.60. The SMILES string of the molecule is NC(C(=O)O)c1c(F)ccc(O)c1Br. The standard InChI is InChI=1S/C8H7BrFNO3/c9-6-4(12)2-1-3(10)5(6)7(11)8(13)14/h1-2,7,12H,11H2,(H,13,14). The lowest BCUT2D eigenvalue weighted by atomic mass is 10.1. The number of aliphatic carboxylic acids is 1. The smallest absolute Gasteiger partial charge is 0.325 e. The molecule has 0 aliphatic heterocycles. The molecule has 0 aliphatic carbocycles. The molecule has 1 aromatic carbocycles. The van der Waals surface area contributed by atoms with Gasteiger partial charge in [-0.1, -0.05) is 0 Å². The number of hydrogen-bond donors (Lipinski definition) is 3. The van der Waals surface area contributed by atoms with Crippen LogP contribution in [0.5, 0.6) is 5.75 Å². The van der Waals surface area contributed by atoms with E-state index < -0.39 is 17.8 Å². The number of hydrogen-bond acceptors (Lipinski definition) is 3. The molecule has 0 radical (unpaired) electrons. The van der Waals surface area contributed by atoms with Crippen molar-refractivity contribution in [2.75, 3.05) is 0 Å². The van der Waals surface area contributed by atoms with Crippen LogP contribution < -0.4 is 5.73 Å². The minimum Gasteiger partial charge on any atom is -0.507 e. The fourth-order valence-corrected chi connectivity index (χ4v) is 1.53. The largest absolute Gasteiger partial charge is 0.507 e. The molecule has 0 saturated carbocycles. The molecular weight excluding hydrogens is 257 g/mol. The molecule has 0 bridgehead atoms. The lowest BCUT2D eigenvalue weighted by Gasteiger charge is -2.11. The molecule has 4 N–H and O–H groups in total. The van der Waals surface area contributed by atoms with Crippen molar-refractivity contribution in [3.8, 4) is 5.75 Å². The van der Waals surface area contributed by atoms with Crippen molar-refractivity contribution >= 4 is 21.9 Å². The number of rotatable bonds is 2. The zero-order valence-electron chi connectivity index (χ0n) is 6.87. The molecule has 14 heavy (non-hydrogen) atoms. The van der Waals surface area contributed by atoms with Crippen molar-refractivity contribution in [3.05, 3.63) is 28.0 Å². The van der Waals surface area contributed by atoms with E-state index in [0.717, 1.165) is 12.1 Å². The van der Waals surface area contributed by atoms with Crippen molar-refractivity contribution in [2.24, 2.45) is 5.73 Å². The molecule has 6 heteroatoms. The van der Waals surface area contributed by atoms with Crippen LogP contribution >= 0.6 is 15.9 Å². The van der Waals surface area contributed by atoms with Gasteiger partial charge in [0.2, 0.25) is 0 Å². The van der Waals surface area contributed by atoms with Crippen LogP contribution in [0.25, 0.3) is 0 Å². The normalized spacial score (nSPS) is 12.5. The summed E-state index contributed by atoms with van der Waals surface area (Å²) in [5.74, 6) is -2.39.